The molecule has 0 spiro atoms. The Bertz CT molecular complexity index is 379. The molecule has 0 heterocycles. The number of rotatable bonds is 2. The summed E-state index contributed by atoms with van der Waals surface area (Å²) in [5, 5.41) is 14.6. The van der Waals surface area contributed by atoms with Crippen molar-refractivity contribution >= 4 is 5.84 Å². The standard InChI is InChI=1S/C8H8N4O2/c1-14-7-4-2-6(3-5-7)8(11-13)10-12-9/h2-5,13H,1H3/b11-8-. The maximum Gasteiger partial charge on any atom is 0.173 e. The van der Waals surface area contributed by atoms with Gasteiger partial charge in [-0.1, -0.05) is 5.16 Å². The molecule has 0 saturated heterocycles. The first-order valence-corrected chi connectivity index (χ1v) is 3.73. The van der Waals surface area contributed by atoms with Gasteiger partial charge in [0.15, 0.2) is 5.84 Å². The van der Waals surface area contributed by atoms with Crippen LogP contribution in [0.3, 0.4) is 0 Å². The van der Waals surface area contributed by atoms with E-state index in [2.05, 4.69) is 15.2 Å². The number of benzene rings is 1. The Morgan fingerprint density at radius 1 is 1.43 bits per heavy atom. The van der Waals surface area contributed by atoms with Crippen molar-refractivity contribution in [1.29, 1.82) is 0 Å². The molecule has 6 heteroatoms. The van der Waals surface area contributed by atoms with E-state index in [1.807, 2.05) is 0 Å². The molecule has 0 aliphatic carbocycles. The molecule has 0 aromatic heterocycles. The summed E-state index contributed by atoms with van der Waals surface area (Å²) in [6.07, 6.45) is 0. The topological polar surface area (TPSA) is 90.6 Å². The van der Waals surface area contributed by atoms with Gasteiger partial charge in [-0.3, -0.25) is 0 Å². The van der Waals surface area contributed by atoms with Crippen molar-refractivity contribution in [2.45, 2.75) is 0 Å². The van der Waals surface area contributed by atoms with Crippen molar-refractivity contribution in [2.75, 3.05) is 7.11 Å². The maximum absolute atomic E-state index is 8.53. The normalized spacial score (nSPS) is 10.5. The van der Waals surface area contributed by atoms with Gasteiger partial charge in [0.2, 0.25) is 0 Å². The Labute approximate surface area is 80.1 Å². The van der Waals surface area contributed by atoms with Crippen molar-refractivity contribution in [2.24, 2.45) is 10.3 Å². The fraction of sp³-hybridized carbons (Fsp3) is 0.125. The highest BCUT2D eigenvalue weighted by Gasteiger charge is 2.01. The molecule has 0 bridgehead atoms. The van der Waals surface area contributed by atoms with Gasteiger partial charge in [-0.15, -0.1) is 0 Å². The summed E-state index contributed by atoms with van der Waals surface area (Å²) < 4.78 is 4.94. The van der Waals surface area contributed by atoms with E-state index in [9.17, 15) is 0 Å². The van der Waals surface area contributed by atoms with E-state index < -0.39 is 0 Å². The van der Waals surface area contributed by atoms with Crippen LogP contribution in [0, 0.1) is 0 Å². The van der Waals surface area contributed by atoms with Crippen molar-refractivity contribution < 1.29 is 9.94 Å². The number of hydrogen-bond acceptors (Lipinski definition) is 3. The van der Waals surface area contributed by atoms with Crippen LogP contribution in [0.2, 0.25) is 0 Å². The first kappa shape index (κ1) is 9.88. The smallest absolute Gasteiger partial charge is 0.173 e. The molecule has 6 nitrogen and oxygen atoms in total. The largest absolute Gasteiger partial charge is 0.497 e. The predicted molar refractivity (Wildman–Crippen MR) is 50.5 cm³/mol. The molecule has 72 valence electrons. The van der Waals surface area contributed by atoms with E-state index in [0.29, 0.717) is 11.3 Å². The lowest BCUT2D eigenvalue weighted by molar-refractivity contribution is 0.318. The van der Waals surface area contributed by atoms with Crippen LogP contribution in [0.25, 0.3) is 10.4 Å². The minimum absolute atomic E-state index is 0.0739. The summed E-state index contributed by atoms with van der Waals surface area (Å²) in [6.45, 7) is 0. The molecule has 0 aliphatic heterocycles. The molecular weight excluding hydrogens is 184 g/mol. The Hall–Kier alpha value is -2.20. The highest BCUT2D eigenvalue weighted by Crippen LogP contribution is 2.12. The number of methoxy groups -OCH3 is 1. The van der Waals surface area contributed by atoms with Crippen LogP contribution in [0.15, 0.2) is 34.5 Å². The van der Waals surface area contributed by atoms with Gasteiger partial charge in [0.1, 0.15) is 5.75 Å². The molecule has 14 heavy (non-hydrogen) atoms. The van der Waals surface area contributed by atoms with E-state index >= 15 is 0 Å². The molecular formula is C8H8N4O2. The van der Waals surface area contributed by atoms with Crippen molar-refractivity contribution in [3.8, 4) is 5.75 Å². The minimum atomic E-state index is -0.0739. The average molecular weight is 192 g/mol. The Kier molecular flexibility index (Phi) is 3.34. The SMILES string of the molecule is COc1ccc(/C(N=[N+]=[N-])=N/O)cc1. The first-order valence-electron chi connectivity index (χ1n) is 3.73. The molecule has 0 unspecified atom stereocenters. The van der Waals surface area contributed by atoms with Crippen molar-refractivity contribution in [1.82, 2.24) is 0 Å². The van der Waals surface area contributed by atoms with Gasteiger partial charge in [-0.05, 0) is 34.9 Å². The van der Waals surface area contributed by atoms with E-state index in [1.165, 1.54) is 0 Å². The van der Waals surface area contributed by atoms with Gasteiger partial charge >= 0.3 is 0 Å². The predicted octanol–water partition coefficient (Wildman–Crippen LogP) is 2.14. The molecule has 0 saturated carbocycles. The van der Waals surface area contributed by atoms with Gasteiger partial charge < -0.3 is 9.94 Å². The fourth-order valence-electron chi connectivity index (χ4n) is 0.918. The summed E-state index contributed by atoms with van der Waals surface area (Å²) in [4.78, 5) is 2.53. The van der Waals surface area contributed by atoms with Crippen LogP contribution < -0.4 is 4.74 Å². The molecule has 0 radical (unpaired) electrons. The summed E-state index contributed by atoms with van der Waals surface area (Å²) in [7, 11) is 1.55. The second kappa shape index (κ2) is 4.74. The van der Waals surface area contributed by atoms with Crippen LogP contribution in [-0.4, -0.2) is 18.2 Å². The molecule has 1 N–H and O–H groups in total. The summed E-state index contributed by atoms with van der Waals surface area (Å²) >= 11 is 0. The summed E-state index contributed by atoms with van der Waals surface area (Å²) in [6, 6.07) is 6.60. The Morgan fingerprint density at radius 3 is 2.50 bits per heavy atom. The monoisotopic (exact) mass is 192 g/mol. The molecule has 1 rings (SSSR count). The highest BCUT2D eigenvalue weighted by molar-refractivity contribution is 5.99. The van der Waals surface area contributed by atoms with Gasteiger partial charge in [0.25, 0.3) is 0 Å². The molecule has 0 aliphatic rings. The molecule has 0 atom stereocenters. The van der Waals surface area contributed by atoms with Crippen molar-refractivity contribution in [3.05, 3.63) is 40.3 Å². The van der Waals surface area contributed by atoms with Gasteiger partial charge in [-0.25, -0.2) is 0 Å². The lowest BCUT2D eigenvalue weighted by atomic mass is 10.2. The van der Waals surface area contributed by atoms with Gasteiger partial charge in [0.05, 0.1) is 7.11 Å². The lowest BCUT2D eigenvalue weighted by Crippen LogP contribution is -1.95. The summed E-state index contributed by atoms with van der Waals surface area (Å²) in [5.74, 6) is 0.599. The number of hydrogen-bond donors (Lipinski definition) is 1. The third kappa shape index (κ3) is 2.15. The maximum atomic E-state index is 8.53. The molecule has 0 amide bonds. The van der Waals surface area contributed by atoms with Gasteiger partial charge in [-0.2, -0.15) is 0 Å². The number of oxime groups is 1. The van der Waals surface area contributed by atoms with E-state index in [1.54, 1.807) is 31.4 Å². The highest BCUT2D eigenvalue weighted by atomic mass is 16.5. The van der Waals surface area contributed by atoms with Crippen molar-refractivity contribution in [3.63, 3.8) is 0 Å². The van der Waals surface area contributed by atoms with E-state index in [4.69, 9.17) is 15.5 Å². The number of ether oxygens (including phenoxy) is 1. The quantitative estimate of drug-likeness (QED) is 0.148. The van der Waals surface area contributed by atoms with E-state index in [0.717, 1.165) is 0 Å². The first-order chi connectivity index (χ1) is 6.81. The number of azide groups is 1. The Balaban J connectivity index is 3.01. The zero-order valence-corrected chi connectivity index (χ0v) is 7.45. The number of nitrogens with zero attached hydrogens (tertiary/aromatic N) is 4. The third-order valence-electron chi connectivity index (χ3n) is 1.58. The second-order valence-electron chi connectivity index (χ2n) is 2.34. The third-order valence-corrected chi connectivity index (χ3v) is 1.58. The van der Waals surface area contributed by atoms with E-state index in [-0.39, 0.29) is 5.84 Å². The molecule has 0 fully saturated rings. The molecule has 1 aromatic rings. The van der Waals surface area contributed by atoms with Crippen LogP contribution >= 0.6 is 0 Å². The van der Waals surface area contributed by atoms with Crippen LogP contribution in [0.5, 0.6) is 5.75 Å². The zero-order chi connectivity index (χ0) is 10.4. The average Bonchev–Trinajstić information content (AvgIpc) is 2.26. The molecule has 1 aromatic carbocycles. The van der Waals surface area contributed by atoms with Gasteiger partial charge in [0, 0.05) is 10.5 Å². The Morgan fingerprint density at radius 2 is 2.07 bits per heavy atom. The van der Waals surface area contributed by atoms with Crippen LogP contribution in [0.1, 0.15) is 5.56 Å². The second-order valence-corrected chi connectivity index (χ2v) is 2.34. The van der Waals surface area contributed by atoms with Crippen LogP contribution in [0.4, 0.5) is 0 Å². The minimum Gasteiger partial charge on any atom is -0.497 e. The summed E-state index contributed by atoms with van der Waals surface area (Å²) in [5.41, 5.74) is 8.69. The zero-order valence-electron chi connectivity index (χ0n) is 7.45. The number of amidine groups is 1. The van der Waals surface area contributed by atoms with Crippen LogP contribution in [-0.2, 0) is 0 Å². The fourth-order valence-corrected chi connectivity index (χ4v) is 0.918. The lowest BCUT2D eigenvalue weighted by Gasteiger charge is -2.00.